The Morgan fingerprint density at radius 3 is 2.00 bits per heavy atom. The van der Waals surface area contributed by atoms with Crippen LogP contribution in [0.3, 0.4) is 0 Å². The average molecular weight is 130 g/mol. The van der Waals surface area contributed by atoms with E-state index in [1.54, 1.807) is 0 Å². The molecule has 0 fully saturated rings. The standard InChI is InChI=1S/C7H18N2/c1-6(3-4-8)7(2)5-9/h6-7H,3-5,8-9H2,1-2H3. The minimum atomic E-state index is 0.619. The normalized spacial score (nSPS) is 17.3. The number of hydrogen-bond donors (Lipinski definition) is 2. The maximum atomic E-state index is 5.46. The maximum absolute atomic E-state index is 5.46. The fraction of sp³-hybridized carbons (Fsp3) is 1.00. The van der Waals surface area contributed by atoms with E-state index in [9.17, 15) is 0 Å². The minimum absolute atomic E-state index is 0.619. The molecule has 2 unspecified atom stereocenters. The van der Waals surface area contributed by atoms with Gasteiger partial charge in [0, 0.05) is 0 Å². The van der Waals surface area contributed by atoms with Gasteiger partial charge in [0.15, 0.2) is 0 Å². The van der Waals surface area contributed by atoms with E-state index in [2.05, 4.69) is 13.8 Å². The highest BCUT2D eigenvalue weighted by Gasteiger charge is 2.07. The smallest absolute Gasteiger partial charge is 0.00489 e. The molecule has 0 aliphatic carbocycles. The lowest BCUT2D eigenvalue weighted by atomic mass is 9.93. The van der Waals surface area contributed by atoms with E-state index in [0.29, 0.717) is 11.8 Å². The van der Waals surface area contributed by atoms with E-state index >= 15 is 0 Å². The SMILES string of the molecule is CC(CN)C(C)CCN. The Bertz CT molecular complexity index is 63.9. The highest BCUT2D eigenvalue weighted by Crippen LogP contribution is 2.11. The van der Waals surface area contributed by atoms with E-state index in [0.717, 1.165) is 19.5 Å². The summed E-state index contributed by atoms with van der Waals surface area (Å²) in [4.78, 5) is 0. The highest BCUT2D eigenvalue weighted by atomic mass is 14.6. The fourth-order valence-corrected chi connectivity index (χ4v) is 0.780. The van der Waals surface area contributed by atoms with Crippen molar-refractivity contribution in [3.8, 4) is 0 Å². The van der Waals surface area contributed by atoms with E-state index < -0.39 is 0 Å². The lowest BCUT2D eigenvalue weighted by Crippen LogP contribution is -2.20. The predicted octanol–water partition coefficient (Wildman–Crippen LogP) is 0.566. The first kappa shape index (κ1) is 8.92. The molecule has 0 aromatic rings. The summed E-state index contributed by atoms with van der Waals surface area (Å²) in [5, 5.41) is 0. The lowest BCUT2D eigenvalue weighted by molar-refractivity contribution is 0.377. The molecule has 0 aliphatic rings. The number of nitrogens with two attached hydrogens (primary N) is 2. The van der Waals surface area contributed by atoms with Crippen molar-refractivity contribution in [3.05, 3.63) is 0 Å². The Labute approximate surface area is 57.6 Å². The van der Waals surface area contributed by atoms with Gasteiger partial charge in [-0.3, -0.25) is 0 Å². The first-order valence-corrected chi connectivity index (χ1v) is 3.62. The monoisotopic (exact) mass is 130 g/mol. The molecule has 0 amide bonds. The molecular formula is C7H18N2. The van der Waals surface area contributed by atoms with Gasteiger partial charge in [-0.2, -0.15) is 0 Å². The molecule has 56 valence electrons. The van der Waals surface area contributed by atoms with Crippen molar-refractivity contribution in [1.82, 2.24) is 0 Å². The Morgan fingerprint density at radius 2 is 1.67 bits per heavy atom. The van der Waals surface area contributed by atoms with Gasteiger partial charge in [-0.15, -0.1) is 0 Å². The van der Waals surface area contributed by atoms with Crippen LogP contribution >= 0.6 is 0 Å². The summed E-state index contributed by atoms with van der Waals surface area (Å²) in [6.45, 7) is 5.93. The van der Waals surface area contributed by atoms with Crippen LogP contribution in [0.5, 0.6) is 0 Å². The van der Waals surface area contributed by atoms with E-state index in [1.807, 2.05) is 0 Å². The second-order valence-electron chi connectivity index (χ2n) is 2.77. The van der Waals surface area contributed by atoms with Gasteiger partial charge in [-0.05, 0) is 31.3 Å². The minimum Gasteiger partial charge on any atom is -0.330 e. The molecule has 9 heavy (non-hydrogen) atoms. The summed E-state index contributed by atoms with van der Waals surface area (Å²) in [6, 6.07) is 0. The van der Waals surface area contributed by atoms with Crippen molar-refractivity contribution >= 4 is 0 Å². The molecule has 0 radical (unpaired) electrons. The van der Waals surface area contributed by atoms with Crippen LogP contribution in [0.1, 0.15) is 20.3 Å². The Morgan fingerprint density at radius 1 is 1.11 bits per heavy atom. The molecule has 2 atom stereocenters. The van der Waals surface area contributed by atoms with Gasteiger partial charge in [0.2, 0.25) is 0 Å². The van der Waals surface area contributed by atoms with Gasteiger partial charge in [-0.1, -0.05) is 13.8 Å². The summed E-state index contributed by atoms with van der Waals surface area (Å²) in [5.41, 5.74) is 10.8. The molecule has 0 aromatic carbocycles. The third-order valence-corrected chi connectivity index (χ3v) is 1.97. The summed E-state index contributed by atoms with van der Waals surface area (Å²) >= 11 is 0. The van der Waals surface area contributed by atoms with Crippen molar-refractivity contribution in [2.45, 2.75) is 20.3 Å². The van der Waals surface area contributed by atoms with Gasteiger partial charge in [0.1, 0.15) is 0 Å². The molecule has 0 bridgehead atoms. The quantitative estimate of drug-likeness (QED) is 0.584. The molecule has 2 heteroatoms. The molecule has 0 spiro atoms. The Kier molecular flexibility index (Phi) is 4.72. The summed E-state index contributed by atoms with van der Waals surface area (Å²) in [7, 11) is 0. The average Bonchev–Trinajstić information content (AvgIpc) is 1.87. The van der Waals surface area contributed by atoms with Gasteiger partial charge >= 0.3 is 0 Å². The topological polar surface area (TPSA) is 52.0 Å². The first-order valence-electron chi connectivity index (χ1n) is 3.62. The number of hydrogen-bond acceptors (Lipinski definition) is 2. The van der Waals surface area contributed by atoms with Crippen LogP contribution in [0.2, 0.25) is 0 Å². The summed E-state index contributed by atoms with van der Waals surface area (Å²) in [6.07, 6.45) is 1.10. The van der Waals surface area contributed by atoms with Crippen LogP contribution in [0.15, 0.2) is 0 Å². The molecular weight excluding hydrogens is 112 g/mol. The third kappa shape index (κ3) is 3.49. The molecule has 4 N–H and O–H groups in total. The van der Waals surface area contributed by atoms with Crippen LogP contribution in [0, 0.1) is 11.8 Å². The molecule has 0 aromatic heterocycles. The highest BCUT2D eigenvalue weighted by molar-refractivity contribution is 4.62. The Balaban J connectivity index is 3.32. The zero-order valence-corrected chi connectivity index (χ0v) is 6.43. The fourth-order valence-electron chi connectivity index (χ4n) is 0.780. The molecule has 0 saturated carbocycles. The van der Waals surface area contributed by atoms with Crippen molar-refractivity contribution < 1.29 is 0 Å². The largest absolute Gasteiger partial charge is 0.330 e. The molecule has 2 nitrogen and oxygen atoms in total. The summed E-state index contributed by atoms with van der Waals surface area (Å²) in [5.74, 6) is 1.30. The Hall–Kier alpha value is -0.0800. The van der Waals surface area contributed by atoms with E-state index in [4.69, 9.17) is 11.5 Å². The number of rotatable bonds is 4. The predicted molar refractivity (Wildman–Crippen MR) is 41.1 cm³/mol. The van der Waals surface area contributed by atoms with E-state index in [1.165, 1.54) is 0 Å². The van der Waals surface area contributed by atoms with Gasteiger partial charge < -0.3 is 11.5 Å². The van der Waals surface area contributed by atoms with Crippen molar-refractivity contribution in [2.75, 3.05) is 13.1 Å². The first-order chi connectivity index (χ1) is 4.22. The molecule has 0 rings (SSSR count). The van der Waals surface area contributed by atoms with Crippen LogP contribution in [-0.2, 0) is 0 Å². The van der Waals surface area contributed by atoms with Crippen LogP contribution in [-0.4, -0.2) is 13.1 Å². The second-order valence-corrected chi connectivity index (χ2v) is 2.77. The van der Waals surface area contributed by atoms with Crippen LogP contribution < -0.4 is 11.5 Å². The van der Waals surface area contributed by atoms with Gasteiger partial charge in [0.05, 0.1) is 0 Å². The second kappa shape index (κ2) is 4.77. The van der Waals surface area contributed by atoms with Crippen LogP contribution in [0.25, 0.3) is 0 Å². The summed E-state index contributed by atoms with van der Waals surface area (Å²) < 4.78 is 0. The van der Waals surface area contributed by atoms with E-state index in [-0.39, 0.29) is 0 Å². The molecule has 0 saturated heterocycles. The maximum Gasteiger partial charge on any atom is -0.00489 e. The molecule has 0 aliphatic heterocycles. The lowest BCUT2D eigenvalue weighted by Gasteiger charge is -2.16. The zero-order chi connectivity index (χ0) is 7.28. The van der Waals surface area contributed by atoms with Gasteiger partial charge in [0.25, 0.3) is 0 Å². The molecule has 0 heterocycles. The zero-order valence-electron chi connectivity index (χ0n) is 6.43. The van der Waals surface area contributed by atoms with Crippen molar-refractivity contribution in [3.63, 3.8) is 0 Å². The van der Waals surface area contributed by atoms with Crippen molar-refractivity contribution in [2.24, 2.45) is 23.3 Å². The van der Waals surface area contributed by atoms with Gasteiger partial charge in [-0.25, -0.2) is 0 Å². The van der Waals surface area contributed by atoms with Crippen LogP contribution in [0.4, 0.5) is 0 Å². The third-order valence-electron chi connectivity index (χ3n) is 1.97. The van der Waals surface area contributed by atoms with Crippen molar-refractivity contribution in [1.29, 1.82) is 0 Å².